The fourth-order valence-corrected chi connectivity index (χ4v) is 4.03. The van der Waals surface area contributed by atoms with Crippen LogP contribution in [0.25, 0.3) is 5.69 Å². The van der Waals surface area contributed by atoms with Gasteiger partial charge in [-0.3, -0.25) is 4.79 Å². The molecule has 1 aliphatic rings. The lowest BCUT2D eigenvalue weighted by Gasteiger charge is -2.08. The van der Waals surface area contributed by atoms with Gasteiger partial charge in [0.1, 0.15) is 0 Å². The van der Waals surface area contributed by atoms with E-state index in [9.17, 15) is 13.2 Å². The number of carbonyl (C=O) groups excluding carboxylic acids is 1. The molecule has 8 heteroatoms. The zero-order chi connectivity index (χ0) is 15.7. The Labute approximate surface area is 128 Å². The molecule has 1 aromatic heterocycles. The molecule has 0 spiro atoms. The minimum Gasteiger partial charge on any atom is -0.347 e. The third-order valence-corrected chi connectivity index (χ3v) is 5.36. The molecular weight excluding hydrogens is 304 g/mol. The molecule has 116 valence electrons. The molecule has 1 N–H and O–H groups in total. The van der Waals surface area contributed by atoms with E-state index in [2.05, 4.69) is 15.6 Å². The van der Waals surface area contributed by atoms with Gasteiger partial charge in [0.15, 0.2) is 15.5 Å². The van der Waals surface area contributed by atoms with Gasteiger partial charge in [0.2, 0.25) is 0 Å². The SMILES string of the molecule is Cc1ccc(-n2cc(C(=O)N[C@@H]3CCS(=O)(=O)C3)nn2)cc1. The highest BCUT2D eigenvalue weighted by atomic mass is 32.2. The van der Waals surface area contributed by atoms with Gasteiger partial charge < -0.3 is 5.32 Å². The van der Waals surface area contributed by atoms with E-state index in [1.54, 1.807) is 0 Å². The maximum atomic E-state index is 12.1. The second-order valence-corrected chi connectivity index (χ2v) is 7.69. The summed E-state index contributed by atoms with van der Waals surface area (Å²) in [5.74, 6) is -0.292. The van der Waals surface area contributed by atoms with E-state index in [1.165, 1.54) is 10.9 Å². The quantitative estimate of drug-likeness (QED) is 0.888. The molecule has 0 unspecified atom stereocenters. The summed E-state index contributed by atoms with van der Waals surface area (Å²) in [5.41, 5.74) is 2.11. The van der Waals surface area contributed by atoms with Crippen molar-refractivity contribution in [3.8, 4) is 5.69 Å². The average molecular weight is 320 g/mol. The number of aromatic nitrogens is 3. The van der Waals surface area contributed by atoms with Crippen molar-refractivity contribution in [3.05, 3.63) is 41.7 Å². The van der Waals surface area contributed by atoms with E-state index in [4.69, 9.17) is 0 Å². The number of rotatable bonds is 3. The molecule has 0 aliphatic carbocycles. The van der Waals surface area contributed by atoms with Crippen molar-refractivity contribution < 1.29 is 13.2 Å². The molecule has 3 rings (SSSR count). The zero-order valence-electron chi connectivity index (χ0n) is 12.1. The van der Waals surface area contributed by atoms with Gasteiger partial charge in [-0.05, 0) is 25.5 Å². The standard InChI is InChI=1S/C14H16N4O3S/c1-10-2-4-12(5-3-10)18-8-13(16-17-18)14(19)15-11-6-7-22(20,21)9-11/h2-5,8,11H,6-7,9H2,1H3,(H,15,19)/t11-/m1/s1. The first kappa shape index (κ1) is 14.7. The minimum atomic E-state index is -3.02. The van der Waals surface area contributed by atoms with Gasteiger partial charge >= 0.3 is 0 Å². The molecule has 0 bridgehead atoms. The maximum Gasteiger partial charge on any atom is 0.273 e. The molecule has 1 fully saturated rings. The van der Waals surface area contributed by atoms with Crippen LogP contribution in [0.15, 0.2) is 30.5 Å². The van der Waals surface area contributed by atoms with Crippen molar-refractivity contribution >= 4 is 15.7 Å². The van der Waals surface area contributed by atoms with Gasteiger partial charge in [-0.25, -0.2) is 13.1 Å². The van der Waals surface area contributed by atoms with Gasteiger partial charge in [0.05, 0.1) is 23.4 Å². The molecule has 1 amide bonds. The van der Waals surface area contributed by atoms with Crippen LogP contribution in [0.5, 0.6) is 0 Å². The summed E-state index contributed by atoms with van der Waals surface area (Å²) in [6.45, 7) is 1.99. The number of hydrogen-bond acceptors (Lipinski definition) is 5. The van der Waals surface area contributed by atoms with E-state index in [-0.39, 0.29) is 23.2 Å². The highest BCUT2D eigenvalue weighted by molar-refractivity contribution is 7.91. The van der Waals surface area contributed by atoms with E-state index in [0.717, 1.165) is 11.3 Å². The van der Waals surface area contributed by atoms with Crippen molar-refractivity contribution in [2.45, 2.75) is 19.4 Å². The number of nitrogens with zero attached hydrogens (tertiary/aromatic N) is 3. The lowest BCUT2D eigenvalue weighted by molar-refractivity contribution is 0.0936. The monoisotopic (exact) mass is 320 g/mol. The second kappa shape index (κ2) is 5.53. The summed E-state index contributed by atoms with van der Waals surface area (Å²) >= 11 is 0. The first-order valence-corrected chi connectivity index (χ1v) is 8.76. The van der Waals surface area contributed by atoms with Crippen LogP contribution in [0, 0.1) is 6.92 Å². The molecular formula is C14H16N4O3S. The van der Waals surface area contributed by atoms with E-state index >= 15 is 0 Å². The van der Waals surface area contributed by atoms with Gasteiger partial charge in [0.25, 0.3) is 5.91 Å². The van der Waals surface area contributed by atoms with E-state index in [0.29, 0.717) is 6.42 Å². The predicted octanol–water partition coefficient (Wildman–Crippen LogP) is 0.493. The summed E-state index contributed by atoms with van der Waals surface area (Å²) in [4.78, 5) is 12.1. The maximum absolute atomic E-state index is 12.1. The molecule has 1 atom stereocenters. The molecule has 1 aromatic carbocycles. The Kier molecular flexibility index (Phi) is 3.69. The second-order valence-electron chi connectivity index (χ2n) is 5.46. The Hall–Kier alpha value is -2.22. The molecule has 1 aliphatic heterocycles. The van der Waals surface area contributed by atoms with Crippen molar-refractivity contribution in [3.63, 3.8) is 0 Å². The van der Waals surface area contributed by atoms with Crippen LogP contribution in [0.3, 0.4) is 0 Å². The lowest BCUT2D eigenvalue weighted by atomic mass is 10.2. The number of aryl methyl sites for hydroxylation is 1. The van der Waals surface area contributed by atoms with Crippen molar-refractivity contribution in [2.75, 3.05) is 11.5 Å². The predicted molar refractivity (Wildman–Crippen MR) is 80.6 cm³/mol. The van der Waals surface area contributed by atoms with Gasteiger partial charge in [-0.15, -0.1) is 5.10 Å². The highest BCUT2D eigenvalue weighted by Crippen LogP contribution is 2.12. The van der Waals surface area contributed by atoms with E-state index in [1.807, 2.05) is 31.2 Å². The van der Waals surface area contributed by atoms with Crippen LogP contribution < -0.4 is 5.32 Å². The van der Waals surface area contributed by atoms with Crippen LogP contribution in [0.1, 0.15) is 22.5 Å². The Morgan fingerprint density at radius 3 is 2.68 bits per heavy atom. The zero-order valence-corrected chi connectivity index (χ0v) is 12.9. The molecule has 1 saturated heterocycles. The third-order valence-electron chi connectivity index (χ3n) is 3.59. The molecule has 2 heterocycles. The van der Waals surface area contributed by atoms with Gasteiger partial charge in [-0.2, -0.15) is 0 Å². The third kappa shape index (κ3) is 3.16. The normalized spacial score (nSPS) is 20.0. The van der Waals surface area contributed by atoms with Crippen LogP contribution in [-0.2, 0) is 9.84 Å². The number of nitrogens with one attached hydrogen (secondary N) is 1. The Balaban J connectivity index is 1.71. The fraction of sp³-hybridized carbons (Fsp3) is 0.357. The summed E-state index contributed by atoms with van der Waals surface area (Å²) < 4.78 is 24.3. The largest absolute Gasteiger partial charge is 0.347 e. The van der Waals surface area contributed by atoms with Gasteiger partial charge in [-0.1, -0.05) is 22.9 Å². The number of hydrogen-bond donors (Lipinski definition) is 1. The summed E-state index contributed by atoms with van der Waals surface area (Å²) in [6.07, 6.45) is 1.98. The van der Waals surface area contributed by atoms with Crippen molar-refractivity contribution in [1.82, 2.24) is 20.3 Å². The van der Waals surface area contributed by atoms with Crippen LogP contribution in [0.4, 0.5) is 0 Å². The first-order valence-electron chi connectivity index (χ1n) is 6.94. The van der Waals surface area contributed by atoms with Crippen LogP contribution >= 0.6 is 0 Å². The number of carbonyl (C=O) groups is 1. The summed E-state index contributed by atoms with van der Waals surface area (Å²) in [6, 6.07) is 7.31. The smallest absolute Gasteiger partial charge is 0.273 e. The number of benzene rings is 1. The molecule has 0 radical (unpaired) electrons. The molecule has 7 nitrogen and oxygen atoms in total. The summed E-state index contributed by atoms with van der Waals surface area (Å²) in [7, 11) is -3.02. The molecule has 0 saturated carbocycles. The Morgan fingerprint density at radius 2 is 2.05 bits per heavy atom. The van der Waals surface area contributed by atoms with Crippen LogP contribution in [-0.4, -0.2) is 46.9 Å². The van der Waals surface area contributed by atoms with Crippen molar-refractivity contribution in [2.24, 2.45) is 0 Å². The molecule has 2 aromatic rings. The Morgan fingerprint density at radius 1 is 1.32 bits per heavy atom. The van der Waals surface area contributed by atoms with Gasteiger partial charge in [0, 0.05) is 6.04 Å². The highest BCUT2D eigenvalue weighted by Gasteiger charge is 2.29. The fourth-order valence-electron chi connectivity index (χ4n) is 2.36. The lowest BCUT2D eigenvalue weighted by Crippen LogP contribution is -2.35. The Bertz CT molecular complexity index is 796. The molecule has 22 heavy (non-hydrogen) atoms. The first-order chi connectivity index (χ1) is 10.4. The number of sulfone groups is 1. The van der Waals surface area contributed by atoms with E-state index < -0.39 is 15.7 Å². The number of amides is 1. The van der Waals surface area contributed by atoms with Crippen molar-refractivity contribution in [1.29, 1.82) is 0 Å². The average Bonchev–Trinajstić information content (AvgIpc) is 3.06. The minimum absolute atomic E-state index is 0.00909. The topological polar surface area (TPSA) is 94.0 Å². The van der Waals surface area contributed by atoms with Crippen LogP contribution in [0.2, 0.25) is 0 Å². The summed E-state index contributed by atoms with van der Waals surface area (Å²) in [5, 5.41) is 10.5.